The number of hydrogen-bond acceptors (Lipinski definition) is 7. The highest BCUT2D eigenvalue weighted by Gasteiger charge is 2.30. The van der Waals surface area contributed by atoms with Crippen LogP contribution in [0.4, 0.5) is 5.00 Å². The fraction of sp³-hybridized carbons (Fsp3) is 0.417. The molecule has 0 spiro atoms. The molecule has 1 aliphatic rings. The molecule has 2 atom stereocenters. The molecule has 7 nitrogen and oxygen atoms in total. The van der Waals surface area contributed by atoms with Gasteiger partial charge in [0.05, 0.1) is 28.3 Å². The molecule has 0 saturated heterocycles. The molecule has 0 fully saturated rings. The first kappa shape index (κ1) is 23.5. The Kier molecular flexibility index (Phi) is 6.90. The second-order valence-corrected chi connectivity index (χ2v) is 10.7. The number of amides is 1. The number of esters is 1. The molecule has 1 aliphatic carbocycles. The highest BCUT2D eigenvalue weighted by molar-refractivity contribution is 8.00. The summed E-state index contributed by atoms with van der Waals surface area (Å²) in [6, 6.07) is 7.16. The fourth-order valence-electron chi connectivity index (χ4n) is 3.99. The van der Waals surface area contributed by atoms with E-state index in [4.69, 9.17) is 4.74 Å². The highest BCUT2D eigenvalue weighted by Crippen LogP contribution is 2.40. The molecule has 2 heterocycles. The number of hydrogen-bond donors (Lipinski definition) is 1. The Labute approximate surface area is 200 Å². The number of carbonyl (C=O) groups is 2. The van der Waals surface area contributed by atoms with Crippen LogP contribution in [0.1, 0.15) is 48.0 Å². The predicted octanol–water partition coefficient (Wildman–Crippen LogP) is 4.42. The van der Waals surface area contributed by atoms with Crippen molar-refractivity contribution in [2.45, 2.75) is 50.4 Å². The lowest BCUT2D eigenvalue weighted by atomic mass is 9.88. The Morgan fingerprint density at radius 3 is 2.88 bits per heavy atom. The molecule has 174 valence electrons. The minimum Gasteiger partial charge on any atom is -0.462 e. The van der Waals surface area contributed by atoms with E-state index < -0.39 is 11.2 Å². The van der Waals surface area contributed by atoms with Gasteiger partial charge in [-0.2, -0.15) is 0 Å². The van der Waals surface area contributed by atoms with Crippen LogP contribution in [-0.2, 0) is 29.4 Å². The topological polar surface area (TPSA) is 90.3 Å². The second-order valence-electron chi connectivity index (χ2n) is 8.30. The molecule has 0 radical (unpaired) electrons. The van der Waals surface area contributed by atoms with Gasteiger partial charge in [-0.3, -0.25) is 14.2 Å². The molecule has 33 heavy (non-hydrogen) atoms. The molecule has 4 rings (SSSR count). The summed E-state index contributed by atoms with van der Waals surface area (Å²) in [4.78, 5) is 44.2. The van der Waals surface area contributed by atoms with E-state index in [1.54, 1.807) is 39.1 Å². The quantitative estimate of drug-likeness (QED) is 0.316. The van der Waals surface area contributed by atoms with Gasteiger partial charge in [0.25, 0.3) is 5.56 Å². The summed E-state index contributed by atoms with van der Waals surface area (Å²) in [6.07, 6.45) is 2.72. The summed E-state index contributed by atoms with van der Waals surface area (Å²) in [5.41, 5.74) is 1.94. The van der Waals surface area contributed by atoms with E-state index in [0.717, 1.165) is 29.7 Å². The van der Waals surface area contributed by atoms with Gasteiger partial charge in [0.15, 0.2) is 5.16 Å². The minimum absolute atomic E-state index is 0.152. The Morgan fingerprint density at radius 1 is 1.36 bits per heavy atom. The number of aromatic nitrogens is 2. The summed E-state index contributed by atoms with van der Waals surface area (Å²) in [7, 11) is 1.65. The Balaban J connectivity index is 1.59. The molecule has 3 aromatic rings. The molecule has 9 heteroatoms. The van der Waals surface area contributed by atoms with Crippen molar-refractivity contribution in [2.75, 3.05) is 11.9 Å². The summed E-state index contributed by atoms with van der Waals surface area (Å²) in [5, 5.41) is 3.98. The van der Waals surface area contributed by atoms with Crippen LogP contribution in [0.15, 0.2) is 34.2 Å². The van der Waals surface area contributed by atoms with Crippen LogP contribution in [0.5, 0.6) is 0 Å². The first-order chi connectivity index (χ1) is 15.8. The number of nitrogens with one attached hydrogen (secondary N) is 1. The van der Waals surface area contributed by atoms with Crippen LogP contribution in [0.3, 0.4) is 0 Å². The van der Waals surface area contributed by atoms with Crippen molar-refractivity contribution >= 4 is 50.9 Å². The van der Waals surface area contributed by atoms with Crippen molar-refractivity contribution in [1.29, 1.82) is 0 Å². The number of anilines is 1. The third-order valence-electron chi connectivity index (χ3n) is 5.82. The van der Waals surface area contributed by atoms with E-state index in [9.17, 15) is 14.4 Å². The van der Waals surface area contributed by atoms with Crippen molar-refractivity contribution in [3.05, 3.63) is 50.6 Å². The van der Waals surface area contributed by atoms with E-state index in [0.29, 0.717) is 32.5 Å². The van der Waals surface area contributed by atoms with Gasteiger partial charge in [-0.15, -0.1) is 11.3 Å². The van der Waals surface area contributed by atoms with Crippen LogP contribution in [0.25, 0.3) is 10.9 Å². The minimum atomic E-state index is -0.530. The van der Waals surface area contributed by atoms with Gasteiger partial charge in [0.1, 0.15) is 5.00 Å². The van der Waals surface area contributed by atoms with Crippen LogP contribution in [-0.4, -0.2) is 33.3 Å². The van der Waals surface area contributed by atoms with Crippen molar-refractivity contribution in [1.82, 2.24) is 9.55 Å². The van der Waals surface area contributed by atoms with Crippen molar-refractivity contribution in [2.24, 2.45) is 13.0 Å². The maximum Gasteiger partial charge on any atom is 0.341 e. The Bertz CT molecular complexity index is 1280. The monoisotopic (exact) mass is 485 g/mol. The smallest absolute Gasteiger partial charge is 0.341 e. The second kappa shape index (κ2) is 9.69. The van der Waals surface area contributed by atoms with Gasteiger partial charge < -0.3 is 10.1 Å². The molecule has 1 aromatic carbocycles. The molecule has 0 aliphatic heterocycles. The number of nitrogens with zero attached hydrogens (tertiary/aromatic N) is 2. The molecule has 2 unspecified atom stereocenters. The largest absolute Gasteiger partial charge is 0.462 e. The number of rotatable bonds is 6. The summed E-state index contributed by atoms with van der Waals surface area (Å²) in [6.45, 7) is 6.02. The van der Waals surface area contributed by atoms with Gasteiger partial charge in [-0.1, -0.05) is 30.8 Å². The van der Waals surface area contributed by atoms with Crippen molar-refractivity contribution in [3.63, 3.8) is 0 Å². The lowest BCUT2D eigenvalue weighted by Crippen LogP contribution is -2.26. The van der Waals surface area contributed by atoms with Crippen molar-refractivity contribution in [3.8, 4) is 0 Å². The zero-order valence-electron chi connectivity index (χ0n) is 19.1. The van der Waals surface area contributed by atoms with Crippen LogP contribution in [0.2, 0.25) is 0 Å². The lowest BCUT2D eigenvalue weighted by Gasteiger charge is -2.18. The number of para-hydroxylation sites is 1. The molecule has 1 amide bonds. The third kappa shape index (κ3) is 4.70. The van der Waals surface area contributed by atoms with E-state index >= 15 is 0 Å². The molecule has 0 bridgehead atoms. The predicted molar refractivity (Wildman–Crippen MR) is 132 cm³/mol. The third-order valence-corrected chi connectivity index (χ3v) is 8.13. The van der Waals surface area contributed by atoms with E-state index in [1.807, 2.05) is 6.07 Å². The molecule has 2 aromatic heterocycles. The summed E-state index contributed by atoms with van der Waals surface area (Å²) < 4.78 is 6.75. The SMILES string of the molecule is CCOC(=O)c1c(NC(=O)C(C)Sc2nc3ccccc3c(=O)n2C)sc2c1CCC(C)C2. The molecular weight excluding hydrogens is 458 g/mol. The number of ether oxygens (including phenoxy) is 1. The Morgan fingerprint density at radius 2 is 2.12 bits per heavy atom. The van der Waals surface area contributed by atoms with Gasteiger partial charge in [0.2, 0.25) is 5.91 Å². The maximum absolute atomic E-state index is 13.1. The highest BCUT2D eigenvalue weighted by atomic mass is 32.2. The van der Waals surface area contributed by atoms with Crippen LogP contribution < -0.4 is 10.9 Å². The van der Waals surface area contributed by atoms with Crippen LogP contribution in [0, 0.1) is 5.92 Å². The first-order valence-electron chi connectivity index (χ1n) is 11.0. The lowest BCUT2D eigenvalue weighted by molar-refractivity contribution is -0.115. The number of thiophene rings is 1. The Hall–Kier alpha value is -2.65. The zero-order chi connectivity index (χ0) is 23.7. The fourth-order valence-corrected chi connectivity index (χ4v) is 6.26. The van der Waals surface area contributed by atoms with Gasteiger partial charge in [-0.05, 0) is 56.7 Å². The maximum atomic E-state index is 13.1. The van der Waals surface area contributed by atoms with Crippen molar-refractivity contribution < 1.29 is 14.3 Å². The van der Waals surface area contributed by atoms with Gasteiger partial charge >= 0.3 is 5.97 Å². The molecular formula is C24H27N3O4S2. The number of fused-ring (bicyclic) bond motifs is 2. The summed E-state index contributed by atoms with van der Waals surface area (Å²) in [5.74, 6) is -0.0946. The average Bonchev–Trinajstić information content (AvgIpc) is 3.14. The zero-order valence-corrected chi connectivity index (χ0v) is 20.8. The standard InChI is InChI=1S/C24H27N3O4S2/c1-5-31-23(30)19-16-11-10-13(2)12-18(16)33-21(19)26-20(28)14(3)32-24-25-17-9-7-6-8-15(17)22(29)27(24)4/h6-9,13-14H,5,10-12H2,1-4H3,(H,26,28). The first-order valence-corrected chi connectivity index (χ1v) is 12.7. The average molecular weight is 486 g/mol. The van der Waals surface area contributed by atoms with E-state index in [2.05, 4.69) is 17.2 Å². The van der Waals surface area contributed by atoms with E-state index in [1.165, 1.54) is 27.7 Å². The van der Waals surface area contributed by atoms with Gasteiger partial charge in [0, 0.05) is 11.9 Å². The molecule has 1 N–H and O–H groups in total. The van der Waals surface area contributed by atoms with Crippen LogP contribution >= 0.6 is 23.1 Å². The van der Waals surface area contributed by atoms with Gasteiger partial charge in [-0.25, -0.2) is 9.78 Å². The number of carbonyl (C=O) groups excluding carboxylic acids is 2. The normalized spacial score (nSPS) is 16.3. The molecule has 0 saturated carbocycles. The number of benzene rings is 1. The van der Waals surface area contributed by atoms with E-state index in [-0.39, 0.29) is 18.1 Å². The summed E-state index contributed by atoms with van der Waals surface area (Å²) >= 11 is 2.68. The number of thioether (sulfide) groups is 1.